The highest BCUT2D eigenvalue weighted by atomic mass is 32.1. The molecule has 0 amide bonds. The lowest BCUT2D eigenvalue weighted by Gasteiger charge is -2.30. The Morgan fingerprint density at radius 3 is 1.81 bits per heavy atom. The lowest BCUT2D eigenvalue weighted by Crippen LogP contribution is -2.12. The number of anilines is 3. The van der Waals surface area contributed by atoms with Gasteiger partial charge in [-0.1, -0.05) is 164 Å². The minimum absolute atomic E-state index is 0.888. The molecule has 3 aromatic heterocycles. The van der Waals surface area contributed by atoms with Gasteiger partial charge >= 0.3 is 0 Å². The normalized spacial score (nSPS) is 11.9. The maximum atomic E-state index is 6.72. The molecule has 13 rings (SSSR count). The number of furan rings is 1. The van der Waals surface area contributed by atoms with E-state index in [-0.39, 0.29) is 0 Å². The summed E-state index contributed by atoms with van der Waals surface area (Å²) in [5, 5.41) is 9.57. The number of nitrogens with zero attached hydrogens (tertiary/aromatic N) is 2. The average Bonchev–Trinajstić information content (AvgIpc) is 4.02. The van der Waals surface area contributed by atoms with Gasteiger partial charge in [0.05, 0.1) is 28.1 Å². The van der Waals surface area contributed by atoms with Crippen molar-refractivity contribution in [2.45, 2.75) is 0 Å². The van der Waals surface area contributed by atoms with E-state index in [1.807, 2.05) is 17.4 Å². The number of para-hydroxylation sites is 6. The highest BCUT2D eigenvalue weighted by Gasteiger charge is 2.25. The third kappa shape index (κ3) is 5.24. The predicted molar refractivity (Wildman–Crippen MR) is 264 cm³/mol. The van der Waals surface area contributed by atoms with Crippen molar-refractivity contribution in [3.8, 4) is 27.9 Å². The van der Waals surface area contributed by atoms with Crippen LogP contribution in [0, 0.1) is 0 Å². The average molecular weight is 809 g/mol. The first-order chi connectivity index (χ1) is 30.8. The molecule has 0 unspecified atom stereocenters. The standard InChI is InChI=1S/C58H36N2OS/c1-2-19-39-37(17-1)18-15-32-50(39)59(51-28-9-5-22-42(51)46-26-16-27-47-44-24-7-13-33-55(44)61-57(46)47)38-35-48(58-49(36-38)45-25-8-14-34-56(45)62-58)43-23-6-12-31-54(43)60-52-29-10-3-20-40(52)41-21-4-11-30-53(41)60/h1-36H. The summed E-state index contributed by atoms with van der Waals surface area (Å²) in [7, 11) is 0. The zero-order valence-corrected chi connectivity index (χ0v) is 34.3. The van der Waals surface area contributed by atoms with E-state index in [9.17, 15) is 0 Å². The van der Waals surface area contributed by atoms with Crippen molar-refractivity contribution >= 4 is 103 Å². The Balaban J connectivity index is 1.14. The summed E-state index contributed by atoms with van der Waals surface area (Å²) in [5.41, 5.74) is 13.1. The quantitative estimate of drug-likeness (QED) is 0.167. The van der Waals surface area contributed by atoms with Crippen LogP contribution in [-0.2, 0) is 0 Å². The Morgan fingerprint density at radius 1 is 0.387 bits per heavy atom. The molecule has 62 heavy (non-hydrogen) atoms. The molecule has 13 aromatic rings. The van der Waals surface area contributed by atoms with E-state index in [2.05, 4.69) is 222 Å². The summed E-state index contributed by atoms with van der Waals surface area (Å²) >= 11 is 1.87. The highest BCUT2D eigenvalue weighted by molar-refractivity contribution is 7.26. The molecule has 3 heterocycles. The molecule has 4 heteroatoms. The van der Waals surface area contributed by atoms with Crippen molar-refractivity contribution in [1.29, 1.82) is 0 Å². The molecule has 0 atom stereocenters. The van der Waals surface area contributed by atoms with Crippen LogP contribution in [0.3, 0.4) is 0 Å². The van der Waals surface area contributed by atoms with Gasteiger partial charge in [-0.25, -0.2) is 0 Å². The maximum Gasteiger partial charge on any atom is 0.143 e. The van der Waals surface area contributed by atoms with Crippen LogP contribution in [0.5, 0.6) is 0 Å². The molecule has 10 aromatic carbocycles. The molecule has 0 saturated heterocycles. The third-order valence-electron chi connectivity index (χ3n) is 12.6. The van der Waals surface area contributed by atoms with Gasteiger partial charge in [0.15, 0.2) is 0 Å². The molecule has 0 N–H and O–H groups in total. The topological polar surface area (TPSA) is 21.3 Å². The van der Waals surface area contributed by atoms with Crippen molar-refractivity contribution in [3.63, 3.8) is 0 Å². The lowest BCUT2D eigenvalue weighted by molar-refractivity contribution is 0.670. The molecule has 0 fully saturated rings. The number of thiophene rings is 1. The van der Waals surface area contributed by atoms with Crippen LogP contribution in [0.2, 0.25) is 0 Å². The van der Waals surface area contributed by atoms with Crippen LogP contribution in [-0.4, -0.2) is 4.57 Å². The first-order valence-electron chi connectivity index (χ1n) is 21.1. The Hall–Kier alpha value is -7.92. The zero-order valence-electron chi connectivity index (χ0n) is 33.5. The van der Waals surface area contributed by atoms with E-state index in [1.165, 1.54) is 63.9 Å². The predicted octanol–water partition coefficient (Wildman–Crippen LogP) is 17.0. The Morgan fingerprint density at radius 2 is 0.968 bits per heavy atom. The largest absolute Gasteiger partial charge is 0.455 e. The second kappa shape index (κ2) is 13.8. The number of hydrogen-bond acceptors (Lipinski definition) is 3. The van der Waals surface area contributed by atoms with Crippen molar-refractivity contribution in [2.24, 2.45) is 0 Å². The summed E-state index contributed by atoms with van der Waals surface area (Å²) in [6.45, 7) is 0. The Labute approximate surface area is 361 Å². The van der Waals surface area contributed by atoms with Crippen molar-refractivity contribution < 1.29 is 4.42 Å². The molecule has 0 bridgehead atoms. The maximum absolute atomic E-state index is 6.72. The molecule has 0 aliphatic heterocycles. The Kier molecular flexibility index (Phi) is 7.78. The number of fused-ring (bicyclic) bond motifs is 10. The van der Waals surface area contributed by atoms with E-state index in [0.717, 1.165) is 55.8 Å². The number of rotatable bonds is 6. The number of aromatic nitrogens is 1. The fourth-order valence-corrected chi connectivity index (χ4v) is 11.1. The number of hydrogen-bond donors (Lipinski definition) is 0. The molecule has 0 aliphatic carbocycles. The summed E-state index contributed by atoms with van der Waals surface area (Å²) < 4.78 is 11.7. The molecular formula is C58H36N2OS. The fraction of sp³-hybridized carbons (Fsp3) is 0. The van der Waals surface area contributed by atoms with E-state index in [0.29, 0.717) is 0 Å². The van der Waals surface area contributed by atoms with Crippen LogP contribution in [0.15, 0.2) is 223 Å². The monoisotopic (exact) mass is 808 g/mol. The van der Waals surface area contributed by atoms with E-state index < -0.39 is 0 Å². The van der Waals surface area contributed by atoms with Crippen LogP contribution in [0.1, 0.15) is 0 Å². The third-order valence-corrected chi connectivity index (χ3v) is 13.8. The van der Waals surface area contributed by atoms with Crippen LogP contribution in [0.4, 0.5) is 17.1 Å². The zero-order chi connectivity index (χ0) is 40.7. The molecule has 0 aliphatic rings. The first-order valence-corrected chi connectivity index (χ1v) is 21.9. The minimum Gasteiger partial charge on any atom is -0.455 e. The van der Waals surface area contributed by atoms with Gasteiger partial charge in [0, 0.05) is 75.0 Å². The van der Waals surface area contributed by atoms with Crippen molar-refractivity contribution in [2.75, 3.05) is 4.90 Å². The lowest BCUT2D eigenvalue weighted by atomic mass is 9.96. The molecule has 3 nitrogen and oxygen atoms in total. The molecule has 0 radical (unpaired) electrons. The van der Waals surface area contributed by atoms with Gasteiger partial charge in [-0.3, -0.25) is 0 Å². The van der Waals surface area contributed by atoms with E-state index in [4.69, 9.17) is 4.42 Å². The first kappa shape index (κ1) is 34.9. The SMILES string of the molecule is c1ccc(N(c2cc(-c3ccccc3-n3c4ccccc4c4ccccc43)c3sc4ccccc4c3c2)c2cccc3ccccc23)c(-c2cccc3c2oc2ccccc23)c1. The van der Waals surface area contributed by atoms with Gasteiger partial charge in [-0.2, -0.15) is 0 Å². The van der Waals surface area contributed by atoms with E-state index >= 15 is 0 Å². The van der Waals surface area contributed by atoms with Gasteiger partial charge < -0.3 is 13.9 Å². The van der Waals surface area contributed by atoms with Crippen molar-refractivity contribution in [1.82, 2.24) is 4.57 Å². The summed E-state index contributed by atoms with van der Waals surface area (Å²) in [4.78, 5) is 2.48. The smallest absolute Gasteiger partial charge is 0.143 e. The van der Waals surface area contributed by atoms with Gasteiger partial charge in [-0.15, -0.1) is 11.3 Å². The highest BCUT2D eigenvalue weighted by Crippen LogP contribution is 2.50. The van der Waals surface area contributed by atoms with Gasteiger partial charge in [-0.05, 0) is 60.0 Å². The minimum atomic E-state index is 0.888. The second-order valence-electron chi connectivity index (χ2n) is 16.0. The molecule has 290 valence electrons. The summed E-state index contributed by atoms with van der Waals surface area (Å²) in [5.74, 6) is 0. The number of benzene rings is 10. The summed E-state index contributed by atoms with van der Waals surface area (Å²) in [6, 6.07) is 79.3. The second-order valence-corrected chi connectivity index (χ2v) is 17.0. The summed E-state index contributed by atoms with van der Waals surface area (Å²) in [6.07, 6.45) is 0. The van der Waals surface area contributed by atoms with Gasteiger partial charge in [0.25, 0.3) is 0 Å². The van der Waals surface area contributed by atoms with Gasteiger partial charge in [0.2, 0.25) is 0 Å². The molecular weight excluding hydrogens is 773 g/mol. The molecule has 0 spiro atoms. The van der Waals surface area contributed by atoms with Crippen LogP contribution < -0.4 is 4.90 Å². The van der Waals surface area contributed by atoms with E-state index in [1.54, 1.807) is 0 Å². The fourth-order valence-electron chi connectivity index (χ4n) is 9.89. The van der Waals surface area contributed by atoms with Crippen LogP contribution in [0.25, 0.3) is 103 Å². The van der Waals surface area contributed by atoms with Crippen LogP contribution >= 0.6 is 11.3 Å². The Bertz CT molecular complexity index is 3850. The molecule has 0 saturated carbocycles. The van der Waals surface area contributed by atoms with Gasteiger partial charge in [0.1, 0.15) is 11.2 Å². The van der Waals surface area contributed by atoms with Crippen molar-refractivity contribution in [3.05, 3.63) is 218 Å².